The summed E-state index contributed by atoms with van der Waals surface area (Å²) in [5.74, 6) is 0.164. The van der Waals surface area contributed by atoms with E-state index in [1.165, 1.54) is 0 Å². The third-order valence-electron chi connectivity index (χ3n) is 2.52. The molecule has 15 heavy (non-hydrogen) atoms. The molecule has 1 saturated heterocycles. The number of aliphatic hydroxyl groups excluding tert-OH is 2. The molecule has 1 unspecified atom stereocenters. The molecule has 0 amide bonds. The fraction of sp³-hybridized carbons (Fsp3) is 1.00. The van der Waals surface area contributed by atoms with Crippen LogP contribution in [0.2, 0.25) is 0 Å². The highest BCUT2D eigenvalue weighted by Gasteiger charge is 2.24. The van der Waals surface area contributed by atoms with Gasteiger partial charge in [0.25, 0.3) is 0 Å². The minimum Gasteiger partial charge on any atom is -0.395 e. The van der Waals surface area contributed by atoms with E-state index in [1.807, 2.05) is 4.90 Å². The molecule has 6 nitrogen and oxygen atoms in total. The van der Waals surface area contributed by atoms with Crippen molar-refractivity contribution in [2.45, 2.75) is 6.23 Å². The van der Waals surface area contributed by atoms with Gasteiger partial charge in [-0.25, -0.2) is 4.21 Å². The van der Waals surface area contributed by atoms with Gasteiger partial charge >= 0.3 is 0 Å². The van der Waals surface area contributed by atoms with E-state index in [2.05, 4.69) is 0 Å². The molecule has 0 radical (unpaired) electrons. The van der Waals surface area contributed by atoms with Crippen LogP contribution in [0.4, 0.5) is 0 Å². The maximum absolute atomic E-state index is 10.5. The van der Waals surface area contributed by atoms with E-state index >= 15 is 0 Å². The van der Waals surface area contributed by atoms with Gasteiger partial charge in [-0.3, -0.25) is 9.80 Å². The Labute approximate surface area is 91.8 Å². The minimum absolute atomic E-state index is 0.0907. The van der Waals surface area contributed by atoms with Gasteiger partial charge in [0.15, 0.2) is 11.1 Å². The van der Waals surface area contributed by atoms with Crippen LogP contribution >= 0.6 is 0 Å². The summed E-state index contributed by atoms with van der Waals surface area (Å²) in [7, 11) is 0. The summed E-state index contributed by atoms with van der Waals surface area (Å²) in [5.41, 5.74) is 0. The normalized spacial score (nSPS) is 26.7. The van der Waals surface area contributed by atoms with Crippen molar-refractivity contribution in [3.8, 4) is 0 Å². The molecule has 3 N–H and O–H groups in total. The first-order valence-corrected chi connectivity index (χ1v) is 6.24. The summed E-state index contributed by atoms with van der Waals surface area (Å²) in [6.45, 7) is 3.01. The van der Waals surface area contributed by atoms with Crippen LogP contribution in [0.25, 0.3) is 0 Å². The van der Waals surface area contributed by atoms with Crippen molar-refractivity contribution in [1.82, 2.24) is 9.80 Å². The van der Waals surface area contributed by atoms with Gasteiger partial charge in [-0.1, -0.05) is 0 Å². The summed E-state index contributed by atoms with van der Waals surface area (Å²) in [6.07, 6.45) is -0.603. The first-order chi connectivity index (χ1) is 7.13. The van der Waals surface area contributed by atoms with Gasteiger partial charge in [0.1, 0.15) is 6.23 Å². The molecule has 2 atom stereocenters. The SMILES string of the molecule is O=S(O)CCN1CCN(CCO)C[C@H]1O. The molecule has 0 spiro atoms. The average Bonchev–Trinajstić information content (AvgIpc) is 2.17. The molecule has 1 aliphatic rings. The van der Waals surface area contributed by atoms with Crippen molar-refractivity contribution in [2.75, 3.05) is 45.1 Å². The van der Waals surface area contributed by atoms with Crippen molar-refractivity contribution < 1.29 is 19.0 Å². The fourth-order valence-electron chi connectivity index (χ4n) is 1.66. The van der Waals surface area contributed by atoms with Crippen molar-refractivity contribution in [3.05, 3.63) is 0 Å². The summed E-state index contributed by atoms with van der Waals surface area (Å²) in [5, 5.41) is 18.4. The van der Waals surface area contributed by atoms with E-state index in [4.69, 9.17) is 9.66 Å². The lowest BCUT2D eigenvalue weighted by molar-refractivity contribution is -0.0549. The molecule has 1 rings (SSSR count). The third-order valence-corrected chi connectivity index (χ3v) is 3.05. The molecule has 0 aromatic carbocycles. The Balaban J connectivity index is 2.29. The lowest BCUT2D eigenvalue weighted by atomic mass is 10.3. The van der Waals surface area contributed by atoms with Crippen LogP contribution in [0.3, 0.4) is 0 Å². The molecule has 1 heterocycles. The Kier molecular flexibility index (Phi) is 5.65. The molecule has 7 heteroatoms. The monoisotopic (exact) mass is 238 g/mol. The fourth-order valence-corrected chi connectivity index (χ4v) is 2.05. The van der Waals surface area contributed by atoms with Gasteiger partial charge in [0.2, 0.25) is 0 Å². The standard InChI is InChI=1S/C8H18N2O4S/c11-5-3-9-1-2-10(8(12)7-9)4-6-15(13)14/h8,11-12H,1-7H2,(H,13,14)/t8-/m1/s1. The van der Waals surface area contributed by atoms with Crippen LogP contribution in [0, 0.1) is 0 Å². The van der Waals surface area contributed by atoms with E-state index in [0.717, 1.165) is 6.54 Å². The second kappa shape index (κ2) is 6.51. The highest BCUT2D eigenvalue weighted by Crippen LogP contribution is 2.06. The van der Waals surface area contributed by atoms with Crippen LogP contribution in [0.15, 0.2) is 0 Å². The summed E-state index contributed by atoms with van der Waals surface area (Å²) < 4.78 is 19.1. The number of hydrogen-bond donors (Lipinski definition) is 3. The van der Waals surface area contributed by atoms with Crippen molar-refractivity contribution in [2.24, 2.45) is 0 Å². The average molecular weight is 238 g/mol. The second-order valence-corrected chi connectivity index (χ2v) is 4.62. The van der Waals surface area contributed by atoms with Crippen LogP contribution in [0.5, 0.6) is 0 Å². The Hall–Kier alpha value is -0.0500. The number of β-amino-alcohol motifs (C(OH)–C–C–N with tert-alkyl or cyclic N) is 2. The van der Waals surface area contributed by atoms with Crippen molar-refractivity contribution >= 4 is 11.1 Å². The van der Waals surface area contributed by atoms with E-state index in [-0.39, 0.29) is 12.4 Å². The smallest absolute Gasteiger partial charge is 0.154 e. The molecular formula is C8H18N2O4S. The molecule has 0 saturated carbocycles. The largest absolute Gasteiger partial charge is 0.395 e. The summed E-state index contributed by atoms with van der Waals surface area (Å²) in [6, 6.07) is 0. The Morgan fingerprint density at radius 3 is 2.60 bits per heavy atom. The molecule has 1 aliphatic heterocycles. The van der Waals surface area contributed by atoms with E-state index in [9.17, 15) is 9.32 Å². The Morgan fingerprint density at radius 2 is 2.07 bits per heavy atom. The van der Waals surface area contributed by atoms with Crippen LogP contribution in [0.1, 0.15) is 0 Å². The molecule has 0 aromatic heterocycles. The molecule has 90 valence electrons. The maximum Gasteiger partial charge on any atom is 0.154 e. The molecular weight excluding hydrogens is 220 g/mol. The summed E-state index contributed by atoms with van der Waals surface area (Å²) >= 11 is -1.80. The van der Waals surface area contributed by atoms with Gasteiger partial charge in [0.05, 0.1) is 12.4 Å². The maximum atomic E-state index is 10.5. The van der Waals surface area contributed by atoms with Gasteiger partial charge < -0.3 is 14.8 Å². The number of hydrogen-bond acceptors (Lipinski definition) is 5. The Bertz CT molecular complexity index is 217. The van der Waals surface area contributed by atoms with E-state index < -0.39 is 17.3 Å². The Morgan fingerprint density at radius 1 is 1.33 bits per heavy atom. The number of aliphatic hydroxyl groups is 2. The first-order valence-electron chi connectivity index (χ1n) is 4.96. The van der Waals surface area contributed by atoms with Gasteiger partial charge in [-0.05, 0) is 0 Å². The first kappa shape index (κ1) is 13.0. The van der Waals surface area contributed by atoms with Crippen LogP contribution < -0.4 is 0 Å². The van der Waals surface area contributed by atoms with E-state index in [1.54, 1.807) is 4.90 Å². The zero-order valence-electron chi connectivity index (χ0n) is 8.58. The number of rotatable bonds is 5. The number of piperazine rings is 1. The zero-order chi connectivity index (χ0) is 11.3. The quantitative estimate of drug-likeness (QED) is 0.487. The zero-order valence-corrected chi connectivity index (χ0v) is 9.40. The lowest BCUT2D eigenvalue weighted by Crippen LogP contribution is -2.54. The third kappa shape index (κ3) is 4.54. The van der Waals surface area contributed by atoms with E-state index in [0.29, 0.717) is 26.2 Å². The van der Waals surface area contributed by atoms with Crippen molar-refractivity contribution in [3.63, 3.8) is 0 Å². The van der Waals surface area contributed by atoms with Crippen molar-refractivity contribution in [1.29, 1.82) is 0 Å². The highest BCUT2D eigenvalue weighted by atomic mass is 32.2. The highest BCUT2D eigenvalue weighted by molar-refractivity contribution is 7.79. The van der Waals surface area contributed by atoms with Crippen LogP contribution in [-0.2, 0) is 11.1 Å². The predicted octanol–water partition coefficient (Wildman–Crippen LogP) is -1.86. The molecule has 0 aliphatic carbocycles. The molecule has 1 fully saturated rings. The predicted molar refractivity (Wildman–Crippen MR) is 56.7 cm³/mol. The van der Waals surface area contributed by atoms with Gasteiger partial charge in [-0.2, -0.15) is 0 Å². The topological polar surface area (TPSA) is 84.2 Å². The summed E-state index contributed by atoms with van der Waals surface area (Å²) in [4.78, 5) is 3.75. The van der Waals surface area contributed by atoms with Crippen LogP contribution in [-0.4, -0.2) is 80.1 Å². The second-order valence-electron chi connectivity index (χ2n) is 3.57. The number of nitrogens with zero attached hydrogens (tertiary/aromatic N) is 2. The van der Waals surface area contributed by atoms with Gasteiger partial charge in [0, 0.05) is 32.7 Å². The molecule has 0 bridgehead atoms. The van der Waals surface area contributed by atoms with Gasteiger partial charge in [-0.15, -0.1) is 0 Å². The molecule has 0 aromatic rings. The minimum atomic E-state index is -1.80. The lowest BCUT2D eigenvalue weighted by Gasteiger charge is -2.38.